The average Bonchev–Trinajstić information content (AvgIpc) is 3.33. The number of carbonyl (C=O) groups is 3. The third-order valence-corrected chi connectivity index (χ3v) is 5.66. The number of anilines is 2. The molecule has 3 amide bonds. The van der Waals surface area contributed by atoms with Crippen LogP contribution in [0.3, 0.4) is 0 Å². The van der Waals surface area contributed by atoms with Gasteiger partial charge in [0.15, 0.2) is 5.82 Å². The van der Waals surface area contributed by atoms with Crippen LogP contribution in [-0.2, 0) is 22.4 Å². The van der Waals surface area contributed by atoms with E-state index < -0.39 is 18.0 Å². The van der Waals surface area contributed by atoms with Gasteiger partial charge in [-0.2, -0.15) is 4.98 Å². The summed E-state index contributed by atoms with van der Waals surface area (Å²) < 4.78 is 10.6. The van der Waals surface area contributed by atoms with Crippen LogP contribution in [-0.4, -0.2) is 40.3 Å². The van der Waals surface area contributed by atoms with Gasteiger partial charge in [0.1, 0.15) is 5.75 Å². The zero-order valence-electron chi connectivity index (χ0n) is 21.9. The maximum Gasteiger partial charge on any atom is 0.323 e. The molecule has 11 nitrogen and oxygen atoms in total. The summed E-state index contributed by atoms with van der Waals surface area (Å²) in [6, 6.07) is 11.7. The number of methoxy groups -OCH3 is 1. The van der Waals surface area contributed by atoms with Crippen LogP contribution >= 0.6 is 0 Å². The molecule has 0 aliphatic carbocycles. The van der Waals surface area contributed by atoms with Crippen molar-refractivity contribution >= 4 is 29.3 Å². The van der Waals surface area contributed by atoms with E-state index in [1.807, 2.05) is 45.0 Å². The largest absolute Gasteiger partial charge is 0.495 e. The number of carboxylic acid groups (broad SMARTS) is 1. The van der Waals surface area contributed by atoms with Crippen LogP contribution < -0.4 is 20.7 Å². The Morgan fingerprint density at radius 2 is 1.82 bits per heavy atom. The van der Waals surface area contributed by atoms with Crippen molar-refractivity contribution in [3.8, 4) is 5.75 Å². The van der Waals surface area contributed by atoms with Gasteiger partial charge in [0, 0.05) is 12.1 Å². The van der Waals surface area contributed by atoms with Crippen molar-refractivity contribution < 1.29 is 28.8 Å². The number of nitrogens with zero attached hydrogens (tertiary/aromatic N) is 2. The number of hydrogen-bond donors (Lipinski definition) is 4. The molecular weight excluding hydrogens is 490 g/mol. The molecule has 0 saturated heterocycles. The van der Waals surface area contributed by atoms with Crippen molar-refractivity contribution in [3.05, 3.63) is 65.3 Å². The monoisotopic (exact) mass is 523 g/mol. The first kappa shape index (κ1) is 28.2. The molecule has 1 heterocycles. The molecule has 1 atom stereocenters. The van der Waals surface area contributed by atoms with Gasteiger partial charge in [-0.15, -0.1) is 0 Å². The lowest BCUT2D eigenvalue weighted by atomic mass is 10.0. The lowest BCUT2D eigenvalue weighted by Crippen LogP contribution is -2.31. The fourth-order valence-electron chi connectivity index (χ4n) is 3.79. The van der Waals surface area contributed by atoms with Gasteiger partial charge < -0.3 is 30.3 Å². The molecule has 202 valence electrons. The van der Waals surface area contributed by atoms with E-state index >= 15 is 0 Å². The van der Waals surface area contributed by atoms with Crippen LogP contribution in [0.5, 0.6) is 5.75 Å². The van der Waals surface area contributed by atoms with E-state index in [2.05, 4.69) is 26.1 Å². The molecule has 0 bridgehead atoms. The molecule has 3 rings (SSSR count). The number of ether oxygens (including phenoxy) is 1. The maximum atomic E-state index is 12.9. The number of para-hydroxylation sites is 1. The van der Waals surface area contributed by atoms with Gasteiger partial charge in [0.05, 0.1) is 31.7 Å². The van der Waals surface area contributed by atoms with Crippen molar-refractivity contribution in [2.45, 2.75) is 52.5 Å². The minimum absolute atomic E-state index is 0.0599. The van der Waals surface area contributed by atoms with Crippen molar-refractivity contribution in [2.75, 3.05) is 17.7 Å². The van der Waals surface area contributed by atoms with Crippen LogP contribution in [0.2, 0.25) is 0 Å². The topological polar surface area (TPSA) is 156 Å². The number of hydrogen-bond acceptors (Lipinski definition) is 7. The molecule has 0 fully saturated rings. The highest BCUT2D eigenvalue weighted by molar-refractivity contribution is 6.01. The van der Waals surface area contributed by atoms with E-state index in [9.17, 15) is 14.4 Å². The van der Waals surface area contributed by atoms with E-state index in [1.54, 1.807) is 18.2 Å². The molecule has 1 unspecified atom stereocenters. The minimum atomic E-state index is -0.958. The Kier molecular flexibility index (Phi) is 9.80. The molecule has 3 aromatic rings. The molecule has 38 heavy (non-hydrogen) atoms. The Hall–Kier alpha value is -4.41. The zero-order chi connectivity index (χ0) is 27.7. The number of rotatable bonds is 12. The van der Waals surface area contributed by atoms with E-state index in [4.69, 9.17) is 14.4 Å². The highest BCUT2D eigenvalue weighted by Gasteiger charge is 2.22. The Labute approximate surface area is 221 Å². The molecule has 2 aromatic carbocycles. The SMILES string of the molecule is COc1cc(CC(=O)NC(CC(C)C)c2noc(CCC(=O)O)n2)ccc1NC(=O)Nc1ccccc1C. The summed E-state index contributed by atoms with van der Waals surface area (Å²) in [5.74, 6) is -0.0467. The second kappa shape index (κ2) is 13.2. The smallest absolute Gasteiger partial charge is 0.323 e. The van der Waals surface area contributed by atoms with Crippen molar-refractivity contribution in [3.63, 3.8) is 0 Å². The van der Waals surface area contributed by atoms with Gasteiger partial charge >= 0.3 is 12.0 Å². The first-order chi connectivity index (χ1) is 18.1. The van der Waals surface area contributed by atoms with Crippen molar-refractivity contribution in [1.82, 2.24) is 15.5 Å². The Morgan fingerprint density at radius 3 is 2.50 bits per heavy atom. The summed E-state index contributed by atoms with van der Waals surface area (Å²) in [4.78, 5) is 40.5. The molecule has 0 saturated carbocycles. The second-order valence-corrected chi connectivity index (χ2v) is 9.30. The molecular formula is C27H33N5O6. The normalized spacial score (nSPS) is 11.6. The third kappa shape index (κ3) is 8.32. The van der Waals surface area contributed by atoms with Gasteiger partial charge in [-0.1, -0.05) is 43.3 Å². The molecule has 0 aliphatic rings. The van der Waals surface area contributed by atoms with E-state index in [-0.39, 0.29) is 37.0 Å². The average molecular weight is 524 g/mol. The number of urea groups is 1. The fourth-order valence-corrected chi connectivity index (χ4v) is 3.79. The predicted molar refractivity (Wildman–Crippen MR) is 141 cm³/mol. The van der Waals surface area contributed by atoms with Crippen molar-refractivity contribution in [2.24, 2.45) is 5.92 Å². The van der Waals surface area contributed by atoms with Crippen LogP contribution in [0.25, 0.3) is 0 Å². The number of aliphatic carboxylic acids is 1. The first-order valence-corrected chi connectivity index (χ1v) is 12.3. The van der Waals surface area contributed by atoms with Crippen molar-refractivity contribution in [1.29, 1.82) is 0 Å². The minimum Gasteiger partial charge on any atom is -0.495 e. The highest BCUT2D eigenvalue weighted by Crippen LogP contribution is 2.27. The summed E-state index contributed by atoms with van der Waals surface area (Å²) in [5.41, 5.74) is 2.77. The Bertz CT molecular complexity index is 1270. The summed E-state index contributed by atoms with van der Waals surface area (Å²) in [6.07, 6.45) is 0.632. The van der Waals surface area contributed by atoms with Crippen LogP contribution in [0.1, 0.15) is 55.6 Å². The molecule has 0 spiro atoms. The van der Waals surface area contributed by atoms with E-state index in [0.29, 0.717) is 34.9 Å². The standard InChI is InChI=1S/C27H33N5O6/c1-16(2)13-21(26-31-24(38-32-26)11-12-25(34)35)28-23(33)15-18-9-10-20(22(14-18)37-4)30-27(36)29-19-8-6-5-7-17(19)3/h5-10,14,16,21H,11-13,15H2,1-4H3,(H,28,33)(H,34,35)(H2,29,30,36). The Balaban J connectivity index is 1.64. The lowest BCUT2D eigenvalue weighted by Gasteiger charge is -2.18. The third-order valence-electron chi connectivity index (χ3n) is 5.66. The van der Waals surface area contributed by atoms with Crippen LogP contribution in [0.15, 0.2) is 47.0 Å². The van der Waals surface area contributed by atoms with E-state index in [0.717, 1.165) is 5.56 Å². The van der Waals surface area contributed by atoms with E-state index in [1.165, 1.54) is 7.11 Å². The summed E-state index contributed by atoms with van der Waals surface area (Å²) in [5, 5.41) is 21.3. The molecule has 0 radical (unpaired) electrons. The second-order valence-electron chi connectivity index (χ2n) is 9.30. The number of carbonyl (C=O) groups excluding carboxylic acids is 2. The molecule has 4 N–H and O–H groups in total. The molecule has 0 aliphatic heterocycles. The van der Waals surface area contributed by atoms with Crippen LogP contribution in [0, 0.1) is 12.8 Å². The fraction of sp³-hybridized carbons (Fsp3) is 0.370. The highest BCUT2D eigenvalue weighted by atomic mass is 16.5. The van der Waals surface area contributed by atoms with Gasteiger partial charge in [-0.05, 0) is 48.6 Å². The number of carboxylic acids is 1. The lowest BCUT2D eigenvalue weighted by molar-refractivity contribution is -0.137. The first-order valence-electron chi connectivity index (χ1n) is 12.3. The number of aromatic nitrogens is 2. The molecule has 11 heteroatoms. The summed E-state index contributed by atoms with van der Waals surface area (Å²) in [6.45, 7) is 5.92. The number of benzene rings is 2. The summed E-state index contributed by atoms with van der Waals surface area (Å²) >= 11 is 0. The van der Waals surface area contributed by atoms with Gasteiger partial charge in [0.2, 0.25) is 11.8 Å². The Morgan fingerprint density at radius 1 is 1.08 bits per heavy atom. The maximum absolute atomic E-state index is 12.9. The molecule has 1 aromatic heterocycles. The number of amides is 3. The van der Waals surface area contributed by atoms with Gasteiger partial charge in [0.25, 0.3) is 0 Å². The van der Waals surface area contributed by atoms with Gasteiger partial charge in [-0.25, -0.2) is 4.79 Å². The predicted octanol–water partition coefficient (Wildman–Crippen LogP) is 4.49. The number of nitrogens with one attached hydrogen (secondary N) is 3. The quantitative estimate of drug-likeness (QED) is 0.270. The zero-order valence-corrected chi connectivity index (χ0v) is 21.9. The summed E-state index contributed by atoms with van der Waals surface area (Å²) in [7, 11) is 1.49. The number of aryl methyl sites for hydroxylation is 2. The van der Waals surface area contributed by atoms with Crippen LogP contribution in [0.4, 0.5) is 16.2 Å². The van der Waals surface area contributed by atoms with Gasteiger partial charge in [-0.3, -0.25) is 9.59 Å².